The first-order valence-corrected chi connectivity index (χ1v) is 4.35. The van der Waals surface area contributed by atoms with Crippen LogP contribution < -0.4 is 5.56 Å². The fraction of sp³-hybridized carbons (Fsp3) is 0.333. The highest BCUT2D eigenvalue weighted by atomic mass is 19.3. The van der Waals surface area contributed by atoms with E-state index in [1.165, 1.54) is 6.92 Å². The quantitative estimate of drug-likeness (QED) is 0.639. The Bertz CT molecular complexity index is 456. The summed E-state index contributed by atoms with van der Waals surface area (Å²) in [5, 5.41) is 0. The first kappa shape index (κ1) is 12.3. The number of aromatic amines is 1. The number of hydrogen-bond acceptors (Lipinski definition) is 3. The molecule has 1 N–H and O–H groups in total. The lowest BCUT2D eigenvalue weighted by atomic mass is 10.1. The number of H-pyrrole nitrogens is 1. The van der Waals surface area contributed by atoms with Crippen LogP contribution in [0.4, 0.5) is 13.2 Å². The van der Waals surface area contributed by atoms with Crippen molar-refractivity contribution in [1.29, 1.82) is 0 Å². The van der Waals surface area contributed by atoms with Crippen molar-refractivity contribution >= 4 is 5.97 Å². The van der Waals surface area contributed by atoms with Crippen LogP contribution >= 0.6 is 0 Å². The summed E-state index contributed by atoms with van der Waals surface area (Å²) in [6.45, 7) is 1.40. The first-order valence-electron chi connectivity index (χ1n) is 4.35. The predicted molar refractivity (Wildman–Crippen MR) is 47.9 cm³/mol. The molecule has 0 atom stereocenters. The SMILES string of the molecule is CCOC(=O)c1cc(=O)[nH]c(F)c1C(F)F. The van der Waals surface area contributed by atoms with Crippen molar-refractivity contribution in [3.63, 3.8) is 0 Å². The molecule has 1 rings (SSSR count). The van der Waals surface area contributed by atoms with Crippen molar-refractivity contribution in [3.8, 4) is 0 Å². The van der Waals surface area contributed by atoms with Gasteiger partial charge in [0.1, 0.15) is 0 Å². The lowest BCUT2D eigenvalue weighted by Gasteiger charge is -2.07. The number of halogens is 3. The highest BCUT2D eigenvalue weighted by Crippen LogP contribution is 2.24. The Labute approximate surface area is 88.0 Å². The van der Waals surface area contributed by atoms with E-state index in [0.717, 1.165) is 0 Å². The van der Waals surface area contributed by atoms with E-state index in [9.17, 15) is 22.8 Å². The molecule has 0 bridgehead atoms. The lowest BCUT2D eigenvalue weighted by molar-refractivity contribution is 0.0512. The normalized spacial score (nSPS) is 10.6. The summed E-state index contributed by atoms with van der Waals surface area (Å²) in [4.78, 5) is 23.6. The first-order chi connectivity index (χ1) is 7.47. The summed E-state index contributed by atoms with van der Waals surface area (Å²) in [5.74, 6) is -2.67. The van der Waals surface area contributed by atoms with Gasteiger partial charge in [0.25, 0.3) is 12.0 Å². The maximum atomic E-state index is 13.0. The summed E-state index contributed by atoms with van der Waals surface area (Å²) in [6, 6.07) is 0.586. The van der Waals surface area contributed by atoms with Crippen LogP contribution in [0.3, 0.4) is 0 Å². The molecule has 1 aromatic rings. The third-order valence-electron chi connectivity index (χ3n) is 1.75. The van der Waals surface area contributed by atoms with Gasteiger partial charge in [-0.2, -0.15) is 4.39 Å². The van der Waals surface area contributed by atoms with Crippen LogP contribution in [0.5, 0.6) is 0 Å². The lowest BCUT2D eigenvalue weighted by Crippen LogP contribution is -2.18. The van der Waals surface area contributed by atoms with Gasteiger partial charge in [0.05, 0.1) is 17.7 Å². The van der Waals surface area contributed by atoms with Crippen LogP contribution in [0.1, 0.15) is 29.3 Å². The van der Waals surface area contributed by atoms with E-state index in [1.807, 2.05) is 0 Å². The molecule has 0 fully saturated rings. The smallest absolute Gasteiger partial charge is 0.338 e. The average Bonchev–Trinajstić information content (AvgIpc) is 2.15. The Balaban J connectivity index is 3.35. The monoisotopic (exact) mass is 235 g/mol. The number of nitrogens with one attached hydrogen (secondary N) is 1. The van der Waals surface area contributed by atoms with Crippen molar-refractivity contribution in [1.82, 2.24) is 4.98 Å². The van der Waals surface area contributed by atoms with Gasteiger partial charge in [-0.1, -0.05) is 0 Å². The Morgan fingerprint density at radius 2 is 2.19 bits per heavy atom. The highest BCUT2D eigenvalue weighted by molar-refractivity contribution is 5.91. The molecule has 0 saturated carbocycles. The Morgan fingerprint density at radius 1 is 1.56 bits per heavy atom. The van der Waals surface area contributed by atoms with Gasteiger partial charge < -0.3 is 4.74 Å². The fourth-order valence-electron chi connectivity index (χ4n) is 1.13. The molecular weight excluding hydrogens is 227 g/mol. The number of carbonyl (C=O) groups excluding carboxylic acids is 1. The van der Waals surface area contributed by atoms with Gasteiger partial charge in [0, 0.05) is 6.07 Å². The summed E-state index contributed by atoms with van der Waals surface area (Å²) in [6.07, 6.45) is -3.21. The van der Waals surface area contributed by atoms with Crippen LogP contribution in [0.25, 0.3) is 0 Å². The largest absolute Gasteiger partial charge is 0.462 e. The van der Waals surface area contributed by atoms with E-state index in [0.29, 0.717) is 6.07 Å². The summed E-state index contributed by atoms with van der Waals surface area (Å²) < 4.78 is 42.4. The average molecular weight is 235 g/mol. The minimum Gasteiger partial charge on any atom is -0.462 e. The van der Waals surface area contributed by atoms with E-state index < -0.39 is 35.0 Å². The molecule has 0 aromatic carbocycles. The van der Waals surface area contributed by atoms with E-state index in [2.05, 4.69) is 4.74 Å². The van der Waals surface area contributed by atoms with E-state index in [4.69, 9.17) is 0 Å². The predicted octanol–water partition coefficient (Wildman–Crippen LogP) is 1.63. The maximum Gasteiger partial charge on any atom is 0.338 e. The van der Waals surface area contributed by atoms with Gasteiger partial charge >= 0.3 is 5.97 Å². The second-order valence-corrected chi connectivity index (χ2v) is 2.80. The van der Waals surface area contributed by atoms with Crippen molar-refractivity contribution in [3.05, 3.63) is 33.5 Å². The third-order valence-corrected chi connectivity index (χ3v) is 1.75. The second kappa shape index (κ2) is 4.82. The molecule has 7 heteroatoms. The van der Waals surface area contributed by atoms with Gasteiger partial charge in [0.15, 0.2) is 0 Å². The molecule has 0 spiro atoms. The molecule has 1 aromatic heterocycles. The summed E-state index contributed by atoms with van der Waals surface area (Å²) in [5.41, 5.74) is -2.89. The molecule has 4 nitrogen and oxygen atoms in total. The number of aromatic nitrogens is 1. The molecule has 0 amide bonds. The number of alkyl halides is 2. The molecule has 0 radical (unpaired) electrons. The maximum absolute atomic E-state index is 13.0. The highest BCUT2D eigenvalue weighted by Gasteiger charge is 2.24. The van der Waals surface area contributed by atoms with Gasteiger partial charge in [-0.3, -0.25) is 9.78 Å². The minimum atomic E-state index is -3.21. The number of ether oxygens (including phenoxy) is 1. The van der Waals surface area contributed by atoms with E-state index in [-0.39, 0.29) is 6.61 Å². The molecule has 0 aliphatic heterocycles. The zero-order valence-corrected chi connectivity index (χ0v) is 8.22. The Hall–Kier alpha value is -1.79. The molecule has 16 heavy (non-hydrogen) atoms. The summed E-state index contributed by atoms with van der Waals surface area (Å²) >= 11 is 0. The number of hydrogen-bond donors (Lipinski definition) is 1. The molecule has 0 aliphatic rings. The van der Waals surface area contributed by atoms with Crippen LogP contribution in [-0.4, -0.2) is 17.6 Å². The van der Waals surface area contributed by atoms with Crippen molar-refractivity contribution in [2.75, 3.05) is 6.61 Å². The van der Waals surface area contributed by atoms with Gasteiger partial charge in [-0.15, -0.1) is 0 Å². The molecule has 88 valence electrons. The standard InChI is InChI=1S/C9H8F3NO3/c1-2-16-9(15)4-3-5(14)13-8(12)6(4)7(10)11/h3,7H,2H2,1H3,(H,13,14). The van der Waals surface area contributed by atoms with Crippen molar-refractivity contribution in [2.24, 2.45) is 0 Å². The Morgan fingerprint density at radius 3 is 2.69 bits per heavy atom. The Kier molecular flexibility index (Phi) is 3.70. The molecule has 1 heterocycles. The van der Waals surface area contributed by atoms with Crippen molar-refractivity contribution < 1.29 is 22.7 Å². The van der Waals surface area contributed by atoms with Crippen LogP contribution in [0.15, 0.2) is 10.9 Å². The number of pyridine rings is 1. The summed E-state index contributed by atoms with van der Waals surface area (Å²) in [7, 11) is 0. The molecule has 0 unspecified atom stereocenters. The molecule has 0 saturated heterocycles. The van der Waals surface area contributed by atoms with Gasteiger partial charge in [-0.05, 0) is 6.92 Å². The van der Waals surface area contributed by atoms with Crippen LogP contribution in [0, 0.1) is 5.95 Å². The number of carbonyl (C=O) groups is 1. The topological polar surface area (TPSA) is 59.2 Å². The van der Waals surface area contributed by atoms with Crippen LogP contribution in [-0.2, 0) is 4.74 Å². The zero-order chi connectivity index (χ0) is 12.3. The molecule has 0 aliphatic carbocycles. The number of rotatable bonds is 3. The van der Waals surface area contributed by atoms with Crippen LogP contribution in [0.2, 0.25) is 0 Å². The fourth-order valence-corrected chi connectivity index (χ4v) is 1.13. The molecular formula is C9H8F3NO3. The minimum absolute atomic E-state index is 0.0596. The van der Waals surface area contributed by atoms with Crippen molar-refractivity contribution in [2.45, 2.75) is 13.3 Å². The number of esters is 1. The van der Waals surface area contributed by atoms with E-state index >= 15 is 0 Å². The zero-order valence-electron chi connectivity index (χ0n) is 8.22. The third kappa shape index (κ3) is 2.41. The van der Waals surface area contributed by atoms with Gasteiger partial charge in [-0.25, -0.2) is 13.6 Å². The van der Waals surface area contributed by atoms with E-state index in [1.54, 1.807) is 4.98 Å². The van der Waals surface area contributed by atoms with Gasteiger partial charge in [0.2, 0.25) is 5.95 Å². The second-order valence-electron chi connectivity index (χ2n) is 2.80.